The molecule has 0 atom stereocenters. The van der Waals surface area contributed by atoms with E-state index in [0.29, 0.717) is 0 Å². The molecule has 2 heteroatoms. The third-order valence-electron chi connectivity index (χ3n) is 1.31. The fourth-order valence-electron chi connectivity index (χ4n) is 0.559. The lowest BCUT2D eigenvalue weighted by molar-refractivity contribution is -0.870. The SMILES string of the molecule is CCC=COCC[N+](C)(C)C. The summed E-state index contributed by atoms with van der Waals surface area (Å²) in [6.07, 6.45) is 4.86. The van der Waals surface area contributed by atoms with Crippen molar-refractivity contribution in [3.63, 3.8) is 0 Å². The first-order valence-corrected chi connectivity index (χ1v) is 4.13. The number of quaternary nitrogens is 1. The largest absolute Gasteiger partial charge is 0.496 e. The molecule has 0 bridgehead atoms. The highest BCUT2D eigenvalue weighted by atomic mass is 16.5. The molecule has 0 radical (unpaired) electrons. The molecule has 0 N–H and O–H groups in total. The fourth-order valence-corrected chi connectivity index (χ4v) is 0.559. The number of hydrogen-bond acceptors (Lipinski definition) is 1. The van der Waals surface area contributed by atoms with Gasteiger partial charge in [-0.05, 0) is 6.42 Å². The van der Waals surface area contributed by atoms with Crippen molar-refractivity contribution >= 4 is 0 Å². The Hall–Kier alpha value is -0.500. The summed E-state index contributed by atoms with van der Waals surface area (Å²) in [5.41, 5.74) is 0. The maximum absolute atomic E-state index is 5.25. The van der Waals surface area contributed by atoms with Crippen molar-refractivity contribution < 1.29 is 9.22 Å². The van der Waals surface area contributed by atoms with Crippen LogP contribution in [-0.2, 0) is 4.74 Å². The van der Waals surface area contributed by atoms with Crippen molar-refractivity contribution in [3.8, 4) is 0 Å². The van der Waals surface area contributed by atoms with Crippen LogP contribution in [0.5, 0.6) is 0 Å². The topological polar surface area (TPSA) is 9.23 Å². The van der Waals surface area contributed by atoms with Gasteiger partial charge in [0, 0.05) is 0 Å². The van der Waals surface area contributed by atoms with Crippen LogP contribution in [0.2, 0.25) is 0 Å². The standard InChI is InChI=1S/C9H20NO/c1-5-6-8-11-9-7-10(2,3)4/h6,8H,5,7,9H2,1-4H3/q+1. The normalized spacial score (nSPS) is 12.4. The molecule has 0 amide bonds. The van der Waals surface area contributed by atoms with Gasteiger partial charge in [0.05, 0.1) is 27.4 Å². The van der Waals surface area contributed by atoms with Crippen LogP contribution in [0.25, 0.3) is 0 Å². The van der Waals surface area contributed by atoms with Gasteiger partial charge in [0.25, 0.3) is 0 Å². The zero-order valence-electron chi connectivity index (χ0n) is 8.13. The number of ether oxygens (including phenoxy) is 1. The number of nitrogens with zero attached hydrogens (tertiary/aromatic N) is 1. The highest BCUT2D eigenvalue weighted by Crippen LogP contribution is 1.90. The smallest absolute Gasteiger partial charge is 0.136 e. The highest BCUT2D eigenvalue weighted by molar-refractivity contribution is 4.70. The Morgan fingerprint density at radius 2 is 1.91 bits per heavy atom. The Labute approximate surface area is 70.1 Å². The average Bonchev–Trinajstić information content (AvgIpc) is 1.85. The van der Waals surface area contributed by atoms with Crippen LogP contribution < -0.4 is 0 Å². The molecule has 0 spiro atoms. The lowest BCUT2D eigenvalue weighted by atomic mass is 10.5. The van der Waals surface area contributed by atoms with Crippen molar-refractivity contribution in [3.05, 3.63) is 12.3 Å². The molecule has 0 aromatic rings. The van der Waals surface area contributed by atoms with Gasteiger partial charge in [-0.25, -0.2) is 0 Å². The molecule has 0 aliphatic heterocycles. The summed E-state index contributed by atoms with van der Waals surface area (Å²) in [5, 5.41) is 0. The third kappa shape index (κ3) is 9.50. The minimum absolute atomic E-state index is 0.806. The van der Waals surface area contributed by atoms with E-state index in [0.717, 1.165) is 24.1 Å². The Bertz CT molecular complexity index is 113. The van der Waals surface area contributed by atoms with Gasteiger partial charge in [-0.2, -0.15) is 0 Å². The van der Waals surface area contributed by atoms with Crippen LogP contribution in [0, 0.1) is 0 Å². The highest BCUT2D eigenvalue weighted by Gasteiger charge is 2.04. The Balaban J connectivity index is 3.21. The van der Waals surface area contributed by atoms with Crippen molar-refractivity contribution in [2.24, 2.45) is 0 Å². The summed E-state index contributed by atoms with van der Waals surface area (Å²) in [7, 11) is 6.48. The van der Waals surface area contributed by atoms with Gasteiger partial charge in [0.2, 0.25) is 0 Å². The van der Waals surface area contributed by atoms with E-state index in [1.807, 2.05) is 6.08 Å². The molecular formula is C9H20NO+. The first-order valence-electron chi connectivity index (χ1n) is 4.13. The second-order valence-electron chi connectivity index (χ2n) is 3.66. The van der Waals surface area contributed by atoms with E-state index in [9.17, 15) is 0 Å². The Morgan fingerprint density at radius 3 is 2.36 bits per heavy atom. The number of rotatable bonds is 5. The molecule has 11 heavy (non-hydrogen) atoms. The number of hydrogen-bond donors (Lipinski definition) is 0. The number of likely N-dealkylation sites (N-methyl/N-ethyl adjacent to an activating group) is 1. The summed E-state index contributed by atoms with van der Waals surface area (Å²) in [5.74, 6) is 0. The quantitative estimate of drug-likeness (QED) is 0.336. The van der Waals surface area contributed by atoms with Crippen molar-refractivity contribution in [2.45, 2.75) is 13.3 Å². The summed E-state index contributed by atoms with van der Waals surface area (Å²) >= 11 is 0. The molecule has 0 fully saturated rings. The lowest BCUT2D eigenvalue weighted by Gasteiger charge is -2.23. The number of allylic oxidation sites excluding steroid dienone is 1. The van der Waals surface area contributed by atoms with Crippen molar-refractivity contribution in [2.75, 3.05) is 34.3 Å². The van der Waals surface area contributed by atoms with Crippen LogP contribution in [0.4, 0.5) is 0 Å². The molecule has 0 saturated carbocycles. The third-order valence-corrected chi connectivity index (χ3v) is 1.31. The van der Waals surface area contributed by atoms with Crippen molar-refractivity contribution in [1.82, 2.24) is 0 Å². The predicted octanol–water partition coefficient (Wildman–Crippen LogP) is 1.63. The van der Waals surface area contributed by atoms with Crippen molar-refractivity contribution in [1.29, 1.82) is 0 Å². The molecule has 0 rings (SSSR count). The van der Waals surface area contributed by atoms with Crippen LogP contribution in [0.15, 0.2) is 12.3 Å². The molecule has 0 aromatic heterocycles. The fraction of sp³-hybridized carbons (Fsp3) is 0.778. The maximum Gasteiger partial charge on any atom is 0.136 e. The minimum Gasteiger partial charge on any atom is -0.496 e. The van der Waals surface area contributed by atoms with Crippen LogP contribution in [0.3, 0.4) is 0 Å². The van der Waals surface area contributed by atoms with E-state index >= 15 is 0 Å². The summed E-state index contributed by atoms with van der Waals surface area (Å²) < 4.78 is 6.21. The van der Waals surface area contributed by atoms with Gasteiger partial charge in [-0.1, -0.05) is 13.0 Å². The molecule has 0 aliphatic carbocycles. The molecule has 0 aromatic carbocycles. The van der Waals surface area contributed by atoms with E-state index < -0.39 is 0 Å². The van der Waals surface area contributed by atoms with Gasteiger partial charge in [-0.15, -0.1) is 0 Å². The molecular weight excluding hydrogens is 138 g/mol. The summed E-state index contributed by atoms with van der Waals surface area (Å²) in [6.45, 7) is 3.95. The van der Waals surface area contributed by atoms with E-state index in [-0.39, 0.29) is 0 Å². The maximum atomic E-state index is 5.25. The molecule has 0 unspecified atom stereocenters. The van der Waals surface area contributed by atoms with Gasteiger partial charge in [0.15, 0.2) is 0 Å². The van der Waals surface area contributed by atoms with E-state index in [2.05, 4.69) is 28.1 Å². The lowest BCUT2D eigenvalue weighted by Crippen LogP contribution is -2.37. The first-order chi connectivity index (χ1) is 5.06. The van der Waals surface area contributed by atoms with E-state index in [1.165, 1.54) is 0 Å². The Kier molecular flexibility index (Phi) is 4.95. The minimum atomic E-state index is 0.806. The second-order valence-corrected chi connectivity index (χ2v) is 3.66. The van der Waals surface area contributed by atoms with E-state index in [4.69, 9.17) is 4.74 Å². The predicted molar refractivity (Wildman–Crippen MR) is 48.3 cm³/mol. The second kappa shape index (κ2) is 5.19. The van der Waals surface area contributed by atoms with Gasteiger partial charge in [-0.3, -0.25) is 0 Å². The van der Waals surface area contributed by atoms with Gasteiger partial charge < -0.3 is 9.22 Å². The van der Waals surface area contributed by atoms with Gasteiger partial charge >= 0.3 is 0 Å². The molecule has 0 aliphatic rings. The zero-order chi connectivity index (χ0) is 8.74. The molecule has 2 nitrogen and oxygen atoms in total. The molecule has 0 saturated heterocycles. The zero-order valence-corrected chi connectivity index (χ0v) is 8.13. The molecule has 0 heterocycles. The van der Waals surface area contributed by atoms with E-state index in [1.54, 1.807) is 6.26 Å². The van der Waals surface area contributed by atoms with Gasteiger partial charge in [0.1, 0.15) is 13.2 Å². The summed E-state index contributed by atoms with van der Waals surface area (Å²) in [6, 6.07) is 0. The van der Waals surface area contributed by atoms with Crippen LogP contribution in [-0.4, -0.2) is 38.8 Å². The average molecular weight is 158 g/mol. The molecule has 66 valence electrons. The van der Waals surface area contributed by atoms with Crippen LogP contribution >= 0.6 is 0 Å². The monoisotopic (exact) mass is 158 g/mol. The first kappa shape index (κ1) is 10.5. The van der Waals surface area contributed by atoms with Crippen LogP contribution in [0.1, 0.15) is 13.3 Å². The Morgan fingerprint density at radius 1 is 1.27 bits per heavy atom. The summed E-state index contributed by atoms with van der Waals surface area (Å²) in [4.78, 5) is 0.